The Morgan fingerprint density at radius 3 is 2.90 bits per heavy atom. The summed E-state index contributed by atoms with van der Waals surface area (Å²) in [5, 5.41) is 17.7. The van der Waals surface area contributed by atoms with Crippen LogP contribution in [0.4, 0.5) is 10.5 Å². The number of azo groups is 1. The summed E-state index contributed by atoms with van der Waals surface area (Å²) >= 11 is 0. The first kappa shape index (κ1) is 13.8. The molecule has 0 aliphatic heterocycles. The number of rotatable bonds is 5. The van der Waals surface area contributed by atoms with Gasteiger partial charge in [0.2, 0.25) is 0 Å². The number of benzene rings is 1. The van der Waals surface area contributed by atoms with Crippen molar-refractivity contribution in [2.45, 2.75) is 13.1 Å². The van der Waals surface area contributed by atoms with Crippen molar-refractivity contribution < 1.29 is 4.79 Å². The molecule has 2 rings (SSSR count). The molecule has 0 aliphatic rings. The van der Waals surface area contributed by atoms with E-state index >= 15 is 0 Å². The van der Waals surface area contributed by atoms with Gasteiger partial charge in [-0.15, -0.1) is 10.2 Å². The molecule has 8 nitrogen and oxygen atoms in total. The van der Waals surface area contributed by atoms with Gasteiger partial charge in [0.15, 0.2) is 0 Å². The molecule has 8 heteroatoms. The average molecular weight is 273 g/mol. The maximum Gasteiger partial charge on any atom is 0.359 e. The summed E-state index contributed by atoms with van der Waals surface area (Å²) in [6.45, 7) is 1.33. The van der Waals surface area contributed by atoms with Crippen molar-refractivity contribution in [1.82, 2.24) is 20.3 Å². The van der Waals surface area contributed by atoms with Gasteiger partial charge in [-0.2, -0.15) is 0 Å². The molecule has 0 saturated carbocycles. The van der Waals surface area contributed by atoms with Crippen LogP contribution in [0.3, 0.4) is 0 Å². The van der Waals surface area contributed by atoms with Crippen LogP contribution < -0.4 is 11.1 Å². The Morgan fingerprint density at radius 1 is 1.35 bits per heavy atom. The van der Waals surface area contributed by atoms with E-state index in [0.717, 1.165) is 0 Å². The summed E-state index contributed by atoms with van der Waals surface area (Å²) < 4.78 is 1.62. The molecule has 20 heavy (non-hydrogen) atoms. The molecule has 1 heterocycles. The molecule has 0 spiro atoms. The second-order valence-electron chi connectivity index (χ2n) is 3.96. The van der Waals surface area contributed by atoms with E-state index in [0.29, 0.717) is 24.5 Å². The number of amides is 2. The Hall–Kier alpha value is -2.61. The van der Waals surface area contributed by atoms with Crippen LogP contribution in [0.5, 0.6) is 0 Å². The van der Waals surface area contributed by atoms with Crippen LogP contribution in [-0.4, -0.2) is 27.6 Å². The number of hydrogen-bond donors (Lipinski definition) is 2. The van der Waals surface area contributed by atoms with Gasteiger partial charge in [0.05, 0.1) is 25.0 Å². The van der Waals surface area contributed by atoms with Gasteiger partial charge in [0, 0.05) is 6.54 Å². The van der Waals surface area contributed by atoms with E-state index < -0.39 is 6.03 Å². The summed E-state index contributed by atoms with van der Waals surface area (Å²) in [6.07, 6.45) is 1.72. The summed E-state index contributed by atoms with van der Waals surface area (Å²) in [5.41, 5.74) is 6.66. The number of carbonyl (C=O) groups is 1. The zero-order valence-corrected chi connectivity index (χ0v) is 10.8. The molecule has 0 bridgehead atoms. The van der Waals surface area contributed by atoms with E-state index in [1.54, 1.807) is 23.0 Å². The zero-order valence-electron chi connectivity index (χ0n) is 10.8. The van der Waals surface area contributed by atoms with Gasteiger partial charge in [0.1, 0.15) is 5.69 Å². The van der Waals surface area contributed by atoms with E-state index in [4.69, 9.17) is 5.73 Å². The largest absolute Gasteiger partial charge is 0.359 e. The fourth-order valence-corrected chi connectivity index (χ4v) is 1.46. The summed E-state index contributed by atoms with van der Waals surface area (Å²) in [7, 11) is 0. The molecule has 1 aromatic heterocycles. The first-order chi connectivity index (χ1) is 9.78. The molecule has 0 atom stereocenters. The van der Waals surface area contributed by atoms with Gasteiger partial charge in [0.25, 0.3) is 0 Å². The second kappa shape index (κ2) is 7.10. The molecule has 3 N–H and O–H groups in total. The van der Waals surface area contributed by atoms with E-state index in [1.165, 1.54) is 0 Å². The SMILES string of the molecule is NCCn1cc(CNC(=O)N=Nc2ccccc2)nn1. The molecular weight excluding hydrogens is 258 g/mol. The number of carbonyl (C=O) groups excluding carboxylic acids is 1. The maximum absolute atomic E-state index is 11.5. The molecule has 0 aliphatic carbocycles. The van der Waals surface area contributed by atoms with Crippen LogP contribution >= 0.6 is 0 Å². The van der Waals surface area contributed by atoms with Gasteiger partial charge < -0.3 is 11.1 Å². The lowest BCUT2D eigenvalue weighted by Gasteiger charge is -1.96. The minimum atomic E-state index is -0.526. The van der Waals surface area contributed by atoms with Crippen molar-refractivity contribution in [1.29, 1.82) is 0 Å². The molecular formula is C12H15N7O. The standard InChI is InChI=1S/C12H15N7O/c13-6-7-19-9-11(16-18-19)8-14-12(20)17-15-10-4-2-1-3-5-10/h1-5,9H,6-8,13H2,(H,14,20). The van der Waals surface area contributed by atoms with Crippen molar-refractivity contribution in [3.8, 4) is 0 Å². The molecule has 0 saturated heterocycles. The van der Waals surface area contributed by atoms with Gasteiger partial charge >= 0.3 is 6.03 Å². The first-order valence-electron chi connectivity index (χ1n) is 6.11. The highest BCUT2D eigenvalue weighted by Crippen LogP contribution is 2.09. The predicted molar refractivity (Wildman–Crippen MR) is 72.3 cm³/mol. The van der Waals surface area contributed by atoms with Gasteiger partial charge in [-0.05, 0) is 12.1 Å². The van der Waals surface area contributed by atoms with E-state index in [-0.39, 0.29) is 6.54 Å². The lowest BCUT2D eigenvalue weighted by Crippen LogP contribution is -2.18. The third kappa shape index (κ3) is 4.25. The van der Waals surface area contributed by atoms with Crippen molar-refractivity contribution >= 4 is 11.7 Å². The third-order valence-electron chi connectivity index (χ3n) is 2.38. The molecule has 104 valence electrons. The summed E-state index contributed by atoms with van der Waals surface area (Å²) in [5.74, 6) is 0. The van der Waals surface area contributed by atoms with Crippen LogP contribution in [0.25, 0.3) is 0 Å². The number of aromatic nitrogens is 3. The second-order valence-corrected chi connectivity index (χ2v) is 3.96. The van der Waals surface area contributed by atoms with E-state index in [2.05, 4.69) is 25.9 Å². The minimum Gasteiger partial charge on any atom is -0.329 e. The fourth-order valence-electron chi connectivity index (χ4n) is 1.46. The molecule has 1 aromatic carbocycles. The maximum atomic E-state index is 11.5. The average Bonchev–Trinajstić information content (AvgIpc) is 2.92. The van der Waals surface area contributed by atoms with Crippen molar-refractivity contribution in [3.05, 3.63) is 42.2 Å². The number of nitrogens with zero attached hydrogens (tertiary/aromatic N) is 5. The topological polar surface area (TPSA) is 111 Å². The smallest absolute Gasteiger partial charge is 0.329 e. The Morgan fingerprint density at radius 2 is 2.15 bits per heavy atom. The van der Waals surface area contributed by atoms with Crippen molar-refractivity contribution in [2.75, 3.05) is 6.54 Å². The molecule has 0 radical (unpaired) electrons. The van der Waals surface area contributed by atoms with E-state index in [9.17, 15) is 4.79 Å². The number of nitrogens with two attached hydrogens (primary N) is 1. The fraction of sp³-hybridized carbons (Fsp3) is 0.250. The summed E-state index contributed by atoms with van der Waals surface area (Å²) in [6, 6.07) is 8.50. The lowest BCUT2D eigenvalue weighted by molar-refractivity contribution is 0.247. The zero-order chi connectivity index (χ0) is 14.2. The molecule has 2 amide bonds. The van der Waals surface area contributed by atoms with Gasteiger partial charge in [-0.25, -0.2) is 4.79 Å². The Kier molecular flexibility index (Phi) is 4.90. The van der Waals surface area contributed by atoms with Crippen LogP contribution in [0.1, 0.15) is 5.69 Å². The normalized spacial score (nSPS) is 10.8. The number of urea groups is 1. The Bertz CT molecular complexity index is 579. The van der Waals surface area contributed by atoms with Crippen molar-refractivity contribution in [2.24, 2.45) is 16.0 Å². The Balaban J connectivity index is 1.81. The number of nitrogens with one attached hydrogen (secondary N) is 1. The highest BCUT2D eigenvalue weighted by atomic mass is 16.2. The minimum absolute atomic E-state index is 0.247. The summed E-state index contributed by atoms with van der Waals surface area (Å²) in [4.78, 5) is 11.5. The van der Waals surface area contributed by atoms with Crippen LogP contribution in [0, 0.1) is 0 Å². The Labute approximate surface area is 115 Å². The quantitative estimate of drug-likeness (QED) is 0.798. The molecule has 0 fully saturated rings. The van der Waals surface area contributed by atoms with E-state index in [1.807, 2.05) is 18.2 Å². The molecule has 0 unspecified atom stereocenters. The first-order valence-corrected chi connectivity index (χ1v) is 6.11. The van der Waals surface area contributed by atoms with Crippen LogP contribution in [-0.2, 0) is 13.1 Å². The highest BCUT2D eigenvalue weighted by Gasteiger charge is 2.03. The third-order valence-corrected chi connectivity index (χ3v) is 2.38. The molecule has 2 aromatic rings. The number of hydrogen-bond acceptors (Lipinski definition) is 5. The van der Waals surface area contributed by atoms with Gasteiger partial charge in [-0.3, -0.25) is 4.68 Å². The van der Waals surface area contributed by atoms with Crippen LogP contribution in [0.2, 0.25) is 0 Å². The van der Waals surface area contributed by atoms with Crippen molar-refractivity contribution in [3.63, 3.8) is 0 Å². The lowest BCUT2D eigenvalue weighted by atomic mass is 10.3. The monoisotopic (exact) mass is 273 g/mol. The van der Waals surface area contributed by atoms with Crippen LogP contribution in [0.15, 0.2) is 46.8 Å². The van der Waals surface area contributed by atoms with Gasteiger partial charge in [-0.1, -0.05) is 28.5 Å². The predicted octanol–water partition coefficient (Wildman–Crippen LogP) is 1.23. The highest BCUT2D eigenvalue weighted by molar-refractivity contribution is 5.74.